The van der Waals surface area contributed by atoms with Gasteiger partial charge in [-0.15, -0.1) is 0 Å². The summed E-state index contributed by atoms with van der Waals surface area (Å²) >= 11 is 0. The fourth-order valence-electron chi connectivity index (χ4n) is 10.7. The van der Waals surface area contributed by atoms with Crippen molar-refractivity contribution in [1.82, 2.24) is 0 Å². The van der Waals surface area contributed by atoms with Crippen LogP contribution in [0.25, 0.3) is 0 Å². The van der Waals surface area contributed by atoms with Gasteiger partial charge in [-0.3, -0.25) is 0 Å². The van der Waals surface area contributed by atoms with Gasteiger partial charge < -0.3 is 5.11 Å². The van der Waals surface area contributed by atoms with Crippen molar-refractivity contribution in [2.24, 2.45) is 5.92 Å². The lowest BCUT2D eigenvalue weighted by Crippen LogP contribution is -1.97. The van der Waals surface area contributed by atoms with Crippen molar-refractivity contribution in [3.8, 4) is 0 Å². The molecule has 0 aliphatic rings. The molecular formula is C85H140O. The lowest BCUT2D eigenvalue weighted by Gasteiger charge is -2.07. The van der Waals surface area contributed by atoms with Gasteiger partial charge in [-0.1, -0.05) is 193 Å². The average Bonchev–Trinajstić information content (AvgIpc) is 3.43. The molecule has 0 aliphatic carbocycles. The van der Waals surface area contributed by atoms with Crippen LogP contribution in [-0.2, 0) is 0 Å². The fraction of sp³-hybridized carbons (Fsp3) is 0.624. The van der Waals surface area contributed by atoms with Gasteiger partial charge >= 0.3 is 0 Å². The van der Waals surface area contributed by atoms with Crippen LogP contribution in [0.2, 0.25) is 0 Å². The Morgan fingerprint density at radius 2 is 0.326 bits per heavy atom. The highest BCUT2D eigenvalue weighted by Crippen LogP contribution is 2.22. The van der Waals surface area contributed by atoms with Gasteiger partial charge in [-0.2, -0.15) is 0 Å². The minimum Gasteiger partial charge on any atom is -0.396 e. The van der Waals surface area contributed by atoms with Crippen LogP contribution >= 0.6 is 0 Å². The molecule has 1 atom stereocenters. The monoisotopic (exact) mass is 1180 g/mol. The highest BCUT2D eigenvalue weighted by Gasteiger charge is 2.03. The van der Waals surface area contributed by atoms with Crippen molar-refractivity contribution in [2.45, 2.75) is 337 Å². The van der Waals surface area contributed by atoms with Crippen LogP contribution in [0.5, 0.6) is 0 Å². The number of hydrogen-bond donors (Lipinski definition) is 1. The number of aliphatic hydroxyl groups is 1. The lowest BCUT2D eigenvalue weighted by molar-refractivity contribution is 0.259. The summed E-state index contributed by atoms with van der Waals surface area (Å²) in [5.74, 6) is 0.612. The molecule has 1 heteroatoms. The molecule has 0 rings (SSSR count). The van der Waals surface area contributed by atoms with Gasteiger partial charge in [-0.05, 0) is 336 Å². The Morgan fingerprint density at radius 1 is 0.198 bits per heavy atom. The SMILES string of the molecule is CC(C)=CCC/C(C)=C/CC/C(C)=C/CC/C(C)=C\CC/C(C)=C\CC/C(C)=C\CC/C(C)=C\CC/C(C)=C\CC/C(C)=C\CC/C(C)=C\CC/C(C)=C\CC/C(C)=C\CC/C(C)=C\CC/C(C)=C\CC/C(C)=C\CC/C(C)=C\CCC(C)CCO. The Hall–Kier alpha value is -4.20. The molecule has 0 aromatic rings. The Morgan fingerprint density at radius 3 is 0.453 bits per heavy atom. The summed E-state index contributed by atoms with van der Waals surface area (Å²) in [4.78, 5) is 0. The summed E-state index contributed by atoms with van der Waals surface area (Å²) in [6.07, 6.45) is 77.4. The van der Waals surface area contributed by atoms with Gasteiger partial charge in [0.2, 0.25) is 0 Å². The summed E-state index contributed by atoms with van der Waals surface area (Å²) in [5.41, 5.74) is 24.3. The van der Waals surface area contributed by atoms with Crippen LogP contribution in [-0.4, -0.2) is 11.7 Å². The first-order valence-electron chi connectivity index (χ1n) is 35.2. The van der Waals surface area contributed by atoms with Crippen LogP contribution < -0.4 is 0 Å². The minimum absolute atomic E-state index is 0.309. The van der Waals surface area contributed by atoms with Gasteiger partial charge in [-0.25, -0.2) is 0 Å². The van der Waals surface area contributed by atoms with E-state index in [4.69, 9.17) is 5.11 Å². The van der Waals surface area contributed by atoms with E-state index in [2.05, 4.69) is 222 Å². The number of rotatable bonds is 50. The van der Waals surface area contributed by atoms with E-state index in [0.29, 0.717) is 12.5 Å². The van der Waals surface area contributed by atoms with E-state index in [1.54, 1.807) is 0 Å². The maximum Gasteiger partial charge on any atom is 0.0433 e. The van der Waals surface area contributed by atoms with Gasteiger partial charge in [0.25, 0.3) is 0 Å². The molecular weight excluding hydrogens is 1040 g/mol. The minimum atomic E-state index is 0.309. The molecule has 0 bridgehead atoms. The van der Waals surface area contributed by atoms with E-state index in [-0.39, 0.29) is 0 Å². The van der Waals surface area contributed by atoms with Crippen molar-refractivity contribution in [1.29, 1.82) is 0 Å². The molecule has 0 aromatic carbocycles. The molecule has 0 heterocycles. The number of hydrogen-bond acceptors (Lipinski definition) is 1. The predicted octanol–water partition coefficient (Wildman–Crippen LogP) is 28.6. The highest BCUT2D eigenvalue weighted by atomic mass is 16.3. The molecule has 0 saturated carbocycles. The summed E-state index contributed by atoms with van der Waals surface area (Å²) < 4.78 is 0. The van der Waals surface area contributed by atoms with Crippen molar-refractivity contribution in [3.05, 3.63) is 186 Å². The number of allylic oxidation sites excluding steroid dienone is 32. The smallest absolute Gasteiger partial charge is 0.0433 e. The molecule has 0 aromatic heterocycles. The van der Waals surface area contributed by atoms with E-state index in [1.807, 2.05) is 0 Å². The van der Waals surface area contributed by atoms with Crippen molar-refractivity contribution in [3.63, 3.8) is 0 Å². The lowest BCUT2D eigenvalue weighted by atomic mass is 10.0. The van der Waals surface area contributed by atoms with Crippen LogP contribution in [0.3, 0.4) is 0 Å². The molecule has 0 amide bonds. The summed E-state index contributed by atoms with van der Waals surface area (Å²) in [6.45, 7) is 41.5. The van der Waals surface area contributed by atoms with E-state index >= 15 is 0 Å². The van der Waals surface area contributed by atoms with Gasteiger partial charge in [0.05, 0.1) is 0 Å². The van der Waals surface area contributed by atoms with E-state index in [1.165, 1.54) is 192 Å². The molecule has 0 aliphatic heterocycles. The zero-order chi connectivity index (χ0) is 64.2. The Balaban J connectivity index is 4.33. The standard InChI is InChI=1S/C85H140O/c1-69(2)35-19-36-70(3)37-20-38-71(4)39-21-40-72(5)41-22-42-73(6)43-23-44-74(7)45-24-46-75(8)47-25-48-76(9)49-26-50-77(10)51-27-52-78(11)53-28-54-79(12)55-29-56-80(13)57-30-58-81(14)59-31-60-82(15)61-32-62-83(16)63-33-64-84(17)65-34-66-85(18)67-68-86/h35,37,39,41,43,45,47,49,51,53,55,57,59,61,63,65,85-86H,19-34,36,38,40,42,44,46,48,50,52,54,56,58,60,62,64,66-68H2,1-18H3/b70-37+,71-39+,72-41-,73-43-,74-45-,75-47-,76-49-,77-51-,78-53-,79-55-,80-57-,81-59-,82-61-,83-63-,84-65-. The molecule has 0 fully saturated rings. The molecule has 86 heavy (non-hydrogen) atoms. The summed E-state index contributed by atoms with van der Waals surface area (Å²) in [5, 5.41) is 9.10. The third-order valence-electron chi connectivity index (χ3n) is 17.3. The van der Waals surface area contributed by atoms with Crippen LogP contribution in [0.4, 0.5) is 0 Å². The van der Waals surface area contributed by atoms with E-state index in [0.717, 1.165) is 109 Å². The van der Waals surface area contributed by atoms with Crippen LogP contribution in [0.15, 0.2) is 186 Å². The first-order valence-corrected chi connectivity index (χ1v) is 35.2. The third-order valence-corrected chi connectivity index (χ3v) is 17.3. The zero-order valence-electron chi connectivity index (χ0n) is 60.3. The molecule has 1 nitrogen and oxygen atoms in total. The quantitative estimate of drug-likeness (QED) is 0.0602. The molecule has 1 N–H and O–H groups in total. The van der Waals surface area contributed by atoms with E-state index < -0.39 is 0 Å². The van der Waals surface area contributed by atoms with Gasteiger partial charge in [0.1, 0.15) is 0 Å². The summed E-state index contributed by atoms with van der Waals surface area (Å²) in [7, 11) is 0. The van der Waals surface area contributed by atoms with Crippen LogP contribution in [0, 0.1) is 5.92 Å². The molecule has 486 valence electrons. The van der Waals surface area contributed by atoms with Crippen molar-refractivity contribution < 1.29 is 5.11 Å². The van der Waals surface area contributed by atoms with E-state index in [9.17, 15) is 0 Å². The molecule has 1 unspecified atom stereocenters. The normalized spacial score (nSPS) is 15.4. The Kier molecular flexibility index (Phi) is 52.2. The largest absolute Gasteiger partial charge is 0.396 e. The van der Waals surface area contributed by atoms with Crippen molar-refractivity contribution in [2.75, 3.05) is 6.61 Å². The second-order valence-corrected chi connectivity index (χ2v) is 27.3. The average molecular weight is 1180 g/mol. The molecule has 0 saturated heterocycles. The third kappa shape index (κ3) is 55.1. The predicted molar refractivity (Wildman–Crippen MR) is 394 cm³/mol. The second kappa shape index (κ2) is 54.9. The van der Waals surface area contributed by atoms with Crippen molar-refractivity contribution >= 4 is 0 Å². The molecule has 0 spiro atoms. The Labute approximate surface area is 537 Å². The second-order valence-electron chi connectivity index (χ2n) is 27.3. The zero-order valence-corrected chi connectivity index (χ0v) is 60.3. The van der Waals surface area contributed by atoms with Crippen LogP contribution in [0.1, 0.15) is 337 Å². The maximum absolute atomic E-state index is 9.10. The molecule has 0 radical (unpaired) electrons. The number of aliphatic hydroxyl groups excluding tert-OH is 1. The van der Waals surface area contributed by atoms with Gasteiger partial charge in [0, 0.05) is 6.61 Å². The Bertz CT molecular complexity index is 2340. The maximum atomic E-state index is 9.10. The van der Waals surface area contributed by atoms with Gasteiger partial charge in [0.15, 0.2) is 0 Å². The summed E-state index contributed by atoms with van der Waals surface area (Å²) in [6, 6.07) is 0. The topological polar surface area (TPSA) is 20.2 Å². The first kappa shape index (κ1) is 81.8. The first-order chi connectivity index (χ1) is 41.1. The fourth-order valence-corrected chi connectivity index (χ4v) is 10.7. The highest BCUT2D eigenvalue weighted by molar-refractivity contribution is 5.14.